The van der Waals surface area contributed by atoms with E-state index in [9.17, 15) is 0 Å². The summed E-state index contributed by atoms with van der Waals surface area (Å²) in [4.78, 5) is 16.8. The molecule has 15 aromatic rings. The Morgan fingerprint density at radius 1 is 0.368 bits per heavy atom. The lowest BCUT2D eigenvalue weighted by Crippen LogP contribution is -2.05. The van der Waals surface area contributed by atoms with Gasteiger partial charge in [-0.05, 0) is 83.6 Å². The van der Waals surface area contributed by atoms with Gasteiger partial charge in [-0.15, -0.1) is 11.3 Å². The third kappa shape index (κ3) is 5.36. The van der Waals surface area contributed by atoms with E-state index in [4.69, 9.17) is 19.4 Å². The van der Waals surface area contributed by atoms with E-state index in [2.05, 4.69) is 215 Å². The first-order valence-electron chi connectivity index (χ1n) is 22.9. The Balaban J connectivity index is 1.10. The highest BCUT2D eigenvalue weighted by atomic mass is 32.1. The van der Waals surface area contributed by atoms with E-state index in [1.165, 1.54) is 26.2 Å². The molecule has 0 fully saturated rings. The number of thiophene rings is 1. The topological polar surface area (TPSA) is 61.7 Å². The lowest BCUT2D eigenvalue weighted by molar-refractivity contribution is 0.669. The monoisotopic (exact) mass is 885 g/mol. The lowest BCUT2D eigenvalue weighted by Gasteiger charge is -2.17. The number of benzene rings is 10. The van der Waals surface area contributed by atoms with Crippen LogP contribution in [0.3, 0.4) is 0 Å². The molecule has 68 heavy (non-hydrogen) atoms. The average molecular weight is 886 g/mol. The summed E-state index contributed by atoms with van der Waals surface area (Å²) in [6.07, 6.45) is 0. The van der Waals surface area contributed by atoms with Crippen LogP contribution in [0.4, 0.5) is 0 Å². The Bertz CT molecular complexity index is 4580. The molecule has 0 saturated carbocycles. The minimum Gasteiger partial charge on any atom is -0.456 e. The van der Waals surface area contributed by atoms with Crippen molar-refractivity contribution in [3.63, 3.8) is 0 Å². The standard InChI is InChI=1S/C61H35N5OS/c1-2-18-38(19-3-1)65-49-28-10-6-20-39(49)42-24-14-26-45(56(42)65)59-62-60(64-61(63-59)47-27-15-25-43-41-22-9-13-31-54(41)68-58(43)47)46-32-33-53-55(44-23-8-12-30-52(44)67-53)57(46)66-50-29-11-7-21-40(50)48-34-36-16-4-5-17-37(36)35-51(48)66/h1-35H. The van der Waals surface area contributed by atoms with E-state index >= 15 is 0 Å². The largest absolute Gasteiger partial charge is 0.456 e. The highest BCUT2D eigenvalue weighted by Gasteiger charge is 2.26. The minimum atomic E-state index is 0.566. The molecule has 0 N–H and O–H groups in total. The van der Waals surface area contributed by atoms with Crippen LogP contribution in [-0.4, -0.2) is 24.1 Å². The van der Waals surface area contributed by atoms with Gasteiger partial charge in [0.2, 0.25) is 0 Å². The van der Waals surface area contributed by atoms with Crippen molar-refractivity contribution in [1.29, 1.82) is 0 Å². The van der Waals surface area contributed by atoms with Gasteiger partial charge < -0.3 is 13.6 Å². The fraction of sp³-hybridized carbons (Fsp3) is 0. The molecule has 0 unspecified atom stereocenters. The van der Waals surface area contributed by atoms with Crippen LogP contribution in [0.2, 0.25) is 0 Å². The van der Waals surface area contributed by atoms with Crippen LogP contribution < -0.4 is 0 Å². The molecule has 0 radical (unpaired) electrons. The summed E-state index contributed by atoms with van der Waals surface area (Å²) in [6, 6.07) is 75.4. The maximum absolute atomic E-state index is 6.70. The predicted octanol–water partition coefficient (Wildman–Crippen LogP) is 16.5. The Morgan fingerprint density at radius 2 is 0.956 bits per heavy atom. The molecule has 10 aromatic carbocycles. The molecule has 0 spiro atoms. The van der Waals surface area contributed by atoms with Gasteiger partial charge in [0.25, 0.3) is 0 Å². The molecule has 15 rings (SSSR count). The Labute approximate surface area is 392 Å². The zero-order chi connectivity index (χ0) is 44.5. The van der Waals surface area contributed by atoms with Crippen LogP contribution in [-0.2, 0) is 0 Å². The van der Waals surface area contributed by atoms with Gasteiger partial charge in [-0.1, -0.05) is 140 Å². The van der Waals surface area contributed by atoms with Crippen LogP contribution >= 0.6 is 11.3 Å². The summed E-state index contributed by atoms with van der Waals surface area (Å²) in [5, 5.41) is 11.4. The van der Waals surface area contributed by atoms with Crippen LogP contribution in [0.25, 0.3) is 142 Å². The van der Waals surface area contributed by atoms with Gasteiger partial charge in [0.05, 0.1) is 33.1 Å². The van der Waals surface area contributed by atoms with Gasteiger partial charge in [0.15, 0.2) is 17.5 Å². The molecular weight excluding hydrogens is 851 g/mol. The molecule has 0 bridgehead atoms. The van der Waals surface area contributed by atoms with Gasteiger partial charge in [-0.3, -0.25) is 0 Å². The number of fused-ring (bicyclic) bond motifs is 13. The third-order valence-corrected chi connectivity index (χ3v) is 15.0. The Kier molecular flexibility index (Phi) is 7.85. The fourth-order valence-corrected chi connectivity index (χ4v) is 12.0. The Hall–Kier alpha value is -8.91. The zero-order valence-electron chi connectivity index (χ0n) is 36.3. The number of rotatable bonds is 5. The predicted molar refractivity (Wildman–Crippen MR) is 282 cm³/mol. The fourth-order valence-electron chi connectivity index (χ4n) is 10.8. The van der Waals surface area contributed by atoms with Crippen LogP contribution in [0.1, 0.15) is 0 Å². The van der Waals surface area contributed by atoms with Gasteiger partial charge in [-0.2, -0.15) is 0 Å². The molecule has 0 saturated heterocycles. The zero-order valence-corrected chi connectivity index (χ0v) is 37.1. The van der Waals surface area contributed by atoms with E-state index in [-0.39, 0.29) is 0 Å². The molecule has 0 aliphatic rings. The molecule has 6 nitrogen and oxygen atoms in total. The highest BCUT2D eigenvalue weighted by molar-refractivity contribution is 7.26. The molecule has 316 valence electrons. The first-order chi connectivity index (χ1) is 33.7. The molecule has 7 heteroatoms. The highest BCUT2D eigenvalue weighted by Crippen LogP contribution is 2.46. The second-order valence-corrected chi connectivity index (χ2v) is 18.5. The molecule has 5 heterocycles. The van der Waals surface area contributed by atoms with Crippen molar-refractivity contribution in [3.05, 3.63) is 212 Å². The van der Waals surface area contributed by atoms with Crippen LogP contribution in [0, 0.1) is 0 Å². The summed E-state index contributed by atoms with van der Waals surface area (Å²) < 4.78 is 13.8. The first-order valence-corrected chi connectivity index (χ1v) is 23.7. The minimum absolute atomic E-state index is 0.566. The number of aromatic nitrogens is 5. The first kappa shape index (κ1) is 37.3. The molecule has 0 aliphatic heterocycles. The van der Waals surface area contributed by atoms with E-state index in [0.29, 0.717) is 17.5 Å². The third-order valence-electron chi connectivity index (χ3n) is 13.8. The molecule has 0 amide bonds. The number of hydrogen-bond acceptors (Lipinski definition) is 5. The van der Waals surface area contributed by atoms with Gasteiger partial charge in [0.1, 0.15) is 11.2 Å². The van der Waals surface area contributed by atoms with Crippen LogP contribution in [0.5, 0.6) is 0 Å². The average Bonchev–Trinajstić information content (AvgIpc) is 4.16. The summed E-state index contributed by atoms with van der Waals surface area (Å²) in [5.41, 5.74) is 10.7. The second kappa shape index (κ2) is 14.3. The summed E-state index contributed by atoms with van der Waals surface area (Å²) in [6.45, 7) is 0. The van der Waals surface area contributed by atoms with E-state index < -0.39 is 0 Å². The van der Waals surface area contributed by atoms with Crippen molar-refractivity contribution in [2.45, 2.75) is 0 Å². The molecule has 0 atom stereocenters. The quantitative estimate of drug-likeness (QED) is 0.173. The van der Waals surface area contributed by atoms with Crippen molar-refractivity contribution >= 4 is 108 Å². The SMILES string of the molecule is c1ccc(-n2c3ccccc3c3cccc(-c4nc(-c5ccc6oc7ccccc7c6c5-n5c6ccccc6c6cc7ccccc7cc65)nc(-c5cccc6c5sc5ccccc56)n4)c32)cc1. The molecular formula is C61H35N5OS. The van der Waals surface area contributed by atoms with Gasteiger partial charge in [0, 0.05) is 69.5 Å². The van der Waals surface area contributed by atoms with E-state index in [0.717, 1.165) is 98.3 Å². The Morgan fingerprint density at radius 3 is 1.76 bits per heavy atom. The normalized spacial score (nSPS) is 12.1. The van der Waals surface area contributed by atoms with E-state index in [1.54, 1.807) is 11.3 Å². The van der Waals surface area contributed by atoms with Crippen molar-refractivity contribution in [3.8, 4) is 45.5 Å². The summed E-state index contributed by atoms with van der Waals surface area (Å²) in [5.74, 6) is 1.76. The smallest absolute Gasteiger partial charge is 0.166 e. The number of hydrogen-bond donors (Lipinski definition) is 0. The van der Waals surface area contributed by atoms with Crippen molar-refractivity contribution in [2.24, 2.45) is 0 Å². The van der Waals surface area contributed by atoms with Crippen LogP contribution in [0.15, 0.2) is 217 Å². The van der Waals surface area contributed by atoms with Crippen molar-refractivity contribution in [1.82, 2.24) is 24.1 Å². The summed E-state index contributed by atoms with van der Waals surface area (Å²) in [7, 11) is 0. The lowest BCUT2D eigenvalue weighted by atomic mass is 10.0. The molecule has 5 aromatic heterocycles. The maximum atomic E-state index is 6.70. The number of furan rings is 1. The molecule has 0 aliphatic carbocycles. The second-order valence-electron chi connectivity index (χ2n) is 17.5. The van der Waals surface area contributed by atoms with E-state index in [1.807, 2.05) is 6.07 Å². The number of nitrogens with zero attached hydrogens (tertiary/aromatic N) is 5. The number of para-hydroxylation sites is 5. The van der Waals surface area contributed by atoms with Gasteiger partial charge >= 0.3 is 0 Å². The summed E-state index contributed by atoms with van der Waals surface area (Å²) >= 11 is 1.78. The maximum Gasteiger partial charge on any atom is 0.166 e. The van der Waals surface area contributed by atoms with Crippen molar-refractivity contribution in [2.75, 3.05) is 0 Å². The van der Waals surface area contributed by atoms with Gasteiger partial charge in [-0.25, -0.2) is 15.0 Å². The van der Waals surface area contributed by atoms with Crippen molar-refractivity contribution < 1.29 is 4.42 Å².